The van der Waals surface area contributed by atoms with Crippen molar-refractivity contribution < 1.29 is 9.90 Å². The molecule has 0 amide bonds. The maximum atomic E-state index is 10.3. The lowest BCUT2D eigenvalue weighted by Crippen LogP contribution is -1.96. The van der Waals surface area contributed by atoms with Crippen LogP contribution in [0.4, 0.5) is 0 Å². The molecule has 0 aromatic carbocycles. The Morgan fingerprint density at radius 2 is 1.61 bits per heavy atom. The smallest absolute Gasteiger partial charge is 0.303 e. The first-order valence-corrected chi connectivity index (χ1v) is 7.57. The van der Waals surface area contributed by atoms with E-state index in [1.54, 1.807) is 0 Å². The summed E-state index contributed by atoms with van der Waals surface area (Å²) in [6, 6.07) is 0. The van der Waals surface area contributed by atoms with Crippen molar-refractivity contribution >= 4 is 5.97 Å². The molecule has 0 rings (SSSR count). The van der Waals surface area contributed by atoms with Crippen molar-refractivity contribution in [3.05, 3.63) is 12.2 Å². The summed E-state index contributed by atoms with van der Waals surface area (Å²) in [7, 11) is 0. The lowest BCUT2D eigenvalue weighted by Gasteiger charge is -2.10. The minimum Gasteiger partial charge on any atom is -0.481 e. The topological polar surface area (TPSA) is 37.3 Å². The fraction of sp³-hybridized carbons (Fsp3) is 0.812. The number of allylic oxidation sites excluding steroid dienone is 2. The van der Waals surface area contributed by atoms with Crippen LogP contribution in [0.1, 0.15) is 78.1 Å². The van der Waals surface area contributed by atoms with Crippen molar-refractivity contribution in [1.82, 2.24) is 0 Å². The number of carbonyl (C=O) groups is 1. The summed E-state index contributed by atoms with van der Waals surface area (Å²) >= 11 is 0. The predicted molar refractivity (Wildman–Crippen MR) is 77.8 cm³/mol. The second kappa shape index (κ2) is 12.7. The maximum Gasteiger partial charge on any atom is 0.303 e. The van der Waals surface area contributed by atoms with Gasteiger partial charge in [-0.15, -0.1) is 0 Å². The summed E-state index contributed by atoms with van der Waals surface area (Å²) in [4.78, 5) is 10.3. The first-order chi connectivity index (χ1) is 8.70. The summed E-state index contributed by atoms with van der Waals surface area (Å²) in [5.74, 6) is 0.224. The van der Waals surface area contributed by atoms with Gasteiger partial charge in [0.05, 0.1) is 0 Å². The van der Waals surface area contributed by atoms with E-state index < -0.39 is 5.97 Å². The van der Waals surface area contributed by atoms with Gasteiger partial charge in [0, 0.05) is 6.42 Å². The molecule has 0 saturated carbocycles. The molecule has 2 nitrogen and oxygen atoms in total. The highest BCUT2D eigenvalue weighted by Gasteiger charge is 2.01. The first kappa shape index (κ1) is 17.2. The van der Waals surface area contributed by atoms with E-state index in [2.05, 4.69) is 19.9 Å². The Morgan fingerprint density at radius 3 is 2.22 bits per heavy atom. The molecule has 18 heavy (non-hydrogen) atoms. The van der Waals surface area contributed by atoms with Gasteiger partial charge < -0.3 is 5.11 Å². The van der Waals surface area contributed by atoms with E-state index in [4.69, 9.17) is 5.11 Å². The molecule has 0 spiro atoms. The third-order valence-electron chi connectivity index (χ3n) is 3.58. The number of rotatable bonds is 12. The molecule has 0 heterocycles. The molecule has 0 radical (unpaired) electrons. The van der Waals surface area contributed by atoms with Gasteiger partial charge in [0.25, 0.3) is 0 Å². The van der Waals surface area contributed by atoms with E-state index in [1.165, 1.54) is 44.9 Å². The van der Waals surface area contributed by atoms with Crippen molar-refractivity contribution in [3.63, 3.8) is 0 Å². The Balaban J connectivity index is 3.23. The molecular weight excluding hydrogens is 224 g/mol. The van der Waals surface area contributed by atoms with Gasteiger partial charge in [-0.2, -0.15) is 0 Å². The van der Waals surface area contributed by atoms with Gasteiger partial charge in [-0.1, -0.05) is 64.5 Å². The zero-order chi connectivity index (χ0) is 13.6. The quantitative estimate of drug-likeness (QED) is 0.384. The summed E-state index contributed by atoms with van der Waals surface area (Å²) < 4.78 is 0. The molecule has 1 N–H and O–H groups in total. The fourth-order valence-corrected chi connectivity index (χ4v) is 2.19. The minimum atomic E-state index is -0.707. The van der Waals surface area contributed by atoms with Gasteiger partial charge in [-0.05, 0) is 25.2 Å². The average molecular weight is 254 g/mol. The Hall–Kier alpha value is -0.790. The summed E-state index contributed by atoms with van der Waals surface area (Å²) in [6.07, 6.45) is 15.5. The van der Waals surface area contributed by atoms with Gasteiger partial charge in [0.1, 0.15) is 0 Å². The second-order valence-corrected chi connectivity index (χ2v) is 5.08. The van der Waals surface area contributed by atoms with Crippen LogP contribution in [-0.2, 0) is 4.79 Å². The van der Waals surface area contributed by atoms with Gasteiger partial charge in [-0.25, -0.2) is 0 Å². The van der Waals surface area contributed by atoms with E-state index >= 15 is 0 Å². The Labute approximate surface area is 112 Å². The summed E-state index contributed by atoms with van der Waals surface area (Å²) in [6.45, 7) is 4.58. The highest BCUT2D eigenvalue weighted by atomic mass is 16.4. The van der Waals surface area contributed by atoms with E-state index in [0.717, 1.165) is 12.3 Å². The summed E-state index contributed by atoms with van der Waals surface area (Å²) in [5, 5.41) is 8.46. The van der Waals surface area contributed by atoms with Gasteiger partial charge in [-0.3, -0.25) is 4.79 Å². The van der Waals surface area contributed by atoms with Crippen LogP contribution in [0, 0.1) is 5.92 Å². The second-order valence-electron chi connectivity index (χ2n) is 5.08. The molecule has 0 aliphatic heterocycles. The molecule has 0 fully saturated rings. The van der Waals surface area contributed by atoms with Crippen LogP contribution in [0.5, 0.6) is 0 Å². The Morgan fingerprint density at radius 1 is 1.00 bits per heavy atom. The fourth-order valence-electron chi connectivity index (χ4n) is 2.19. The standard InChI is InChI=1S/C16H30O2/c1-3-15(4-2)13-11-9-7-5-6-8-10-12-14-16(17)18/h8,10,15H,3-7,9,11-14H2,1-2H3,(H,17,18)/b10-8+. The number of carboxylic acids is 1. The van der Waals surface area contributed by atoms with Gasteiger partial charge >= 0.3 is 5.97 Å². The van der Waals surface area contributed by atoms with Crippen molar-refractivity contribution in [2.75, 3.05) is 0 Å². The largest absolute Gasteiger partial charge is 0.481 e. The highest BCUT2D eigenvalue weighted by Crippen LogP contribution is 2.17. The number of unbranched alkanes of at least 4 members (excludes halogenated alkanes) is 4. The molecular formula is C16H30O2. The monoisotopic (exact) mass is 254 g/mol. The van der Waals surface area contributed by atoms with E-state index in [0.29, 0.717) is 6.42 Å². The average Bonchev–Trinajstić information content (AvgIpc) is 2.36. The zero-order valence-electron chi connectivity index (χ0n) is 12.2. The molecule has 0 aliphatic rings. The lowest BCUT2D eigenvalue weighted by atomic mass is 9.96. The van der Waals surface area contributed by atoms with E-state index in [9.17, 15) is 4.79 Å². The molecule has 2 heteroatoms. The number of aliphatic carboxylic acids is 1. The molecule has 0 aliphatic carbocycles. The third-order valence-corrected chi connectivity index (χ3v) is 3.58. The number of hydrogen-bond donors (Lipinski definition) is 1. The molecule has 0 saturated heterocycles. The minimum absolute atomic E-state index is 0.256. The predicted octanol–water partition coefficient (Wildman–Crippen LogP) is 5.18. The van der Waals surface area contributed by atoms with Crippen LogP contribution in [0.25, 0.3) is 0 Å². The first-order valence-electron chi connectivity index (χ1n) is 7.57. The molecule has 0 bridgehead atoms. The van der Waals surface area contributed by atoms with E-state index in [-0.39, 0.29) is 6.42 Å². The van der Waals surface area contributed by atoms with Crippen molar-refractivity contribution in [1.29, 1.82) is 0 Å². The normalized spacial score (nSPS) is 11.5. The van der Waals surface area contributed by atoms with Crippen molar-refractivity contribution in [2.45, 2.75) is 78.1 Å². The van der Waals surface area contributed by atoms with Crippen LogP contribution in [-0.4, -0.2) is 11.1 Å². The van der Waals surface area contributed by atoms with E-state index in [1.807, 2.05) is 6.08 Å². The van der Waals surface area contributed by atoms with Crippen molar-refractivity contribution in [2.24, 2.45) is 5.92 Å². The van der Waals surface area contributed by atoms with Crippen LogP contribution < -0.4 is 0 Å². The molecule has 0 unspecified atom stereocenters. The SMILES string of the molecule is CCC(CC)CCCCCC/C=C/CCC(=O)O. The van der Waals surface area contributed by atoms with Crippen molar-refractivity contribution in [3.8, 4) is 0 Å². The van der Waals surface area contributed by atoms with Crippen LogP contribution in [0.15, 0.2) is 12.2 Å². The van der Waals surface area contributed by atoms with Gasteiger partial charge in [0.2, 0.25) is 0 Å². The molecule has 0 aromatic heterocycles. The molecule has 0 aromatic rings. The Bertz CT molecular complexity index is 217. The van der Waals surface area contributed by atoms with Gasteiger partial charge in [0.15, 0.2) is 0 Å². The third kappa shape index (κ3) is 11.7. The molecule has 0 atom stereocenters. The number of hydrogen-bond acceptors (Lipinski definition) is 1. The summed E-state index contributed by atoms with van der Waals surface area (Å²) in [5.41, 5.74) is 0. The Kier molecular flexibility index (Phi) is 12.1. The number of carboxylic acid groups (broad SMARTS) is 1. The zero-order valence-corrected chi connectivity index (χ0v) is 12.2. The van der Waals surface area contributed by atoms with Crippen LogP contribution >= 0.6 is 0 Å². The highest BCUT2D eigenvalue weighted by molar-refractivity contribution is 5.66. The van der Waals surface area contributed by atoms with Crippen LogP contribution in [0.3, 0.4) is 0 Å². The maximum absolute atomic E-state index is 10.3. The molecule has 106 valence electrons. The lowest BCUT2D eigenvalue weighted by molar-refractivity contribution is -0.136. The van der Waals surface area contributed by atoms with Crippen LogP contribution in [0.2, 0.25) is 0 Å².